The van der Waals surface area contributed by atoms with E-state index in [1.54, 1.807) is 18.2 Å². The van der Waals surface area contributed by atoms with Gasteiger partial charge < -0.3 is 10.1 Å². The average molecular weight is 341 g/mol. The standard InChI is InChI=1S/C19H23N3O3/c1-11(2)9-14-16-21-18-13(7-5-6-8-25-18)19(24)22(16)15(10-12(3)4)17(23)20-14/h5-9,11-12,15H,10H2,1-4H3,(H,20,23). The highest BCUT2D eigenvalue weighted by Crippen LogP contribution is 2.29. The number of nitrogens with one attached hydrogen (secondary N) is 1. The highest BCUT2D eigenvalue weighted by atomic mass is 16.5. The zero-order chi connectivity index (χ0) is 18.1. The van der Waals surface area contributed by atoms with E-state index in [0.29, 0.717) is 23.5 Å². The highest BCUT2D eigenvalue weighted by Gasteiger charge is 2.34. The van der Waals surface area contributed by atoms with E-state index in [1.165, 1.54) is 10.8 Å². The molecule has 1 N–H and O–H groups in total. The number of amides is 1. The molecular formula is C19H23N3O3. The monoisotopic (exact) mass is 341 g/mol. The van der Waals surface area contributed by atoms with Gasteiger partial charge in [0.15, 0.2) is 5.82 Å². The third-order valence-electron chi connectivity index (χ3n) is 4.06. The molecule has 0 aromatic carbocycles. The first-order valence-electron chi connectivity index (χ1n) is 8.58. The molecule has 0 saturated heterocycles. The number of nitrogens with zero attached hydrogens (tertiary/aromatic N) is 2. The molecule has 1 aromatic rings. The van der Waals surface area contributed by atoms with Crippen LogP contribution >= 0.6 is 0 Å². The molecule has 6 nitrogen and oxygen atoms in total. The largest absolute Gasteiger partial charge is 0.446 e. The Kier molecular flexibility index (Phi) is 4.61. The molecule has 25 heavy (non-hydrogen) atoms. The molecule has 1 aromatic heterocycles. The number of ether oxygens (including phenoxy) is 1. The number of rotatable bonds is 3. The summed E-state index contributed by atoms with van der Waals surface area (Å²) in [7, 11) is 0. The van der Waals surface area contributed by atoms with E-state index in [9.17, 15) is 9.59 Å². The van der Waals surface area contributed by atoms with Crippen molar-refractivity contribution in [2.75, 3.05) is 0 Å². The SMILES string of the molecule is CC(C)C=C1NC(=O)C(CC(C)C)n2c1nc1c(c2=O)C=CC=CO1. The lowest BCUT2D eigenvalue weighted by atomic mass is 9.99. The van der Waals surface area contributed by atoms with Crippen LogP contribution in [0.15, 0.2) is 29.3 Å². The van der Waals surface area contributed by atoms with Crippen molar-refractivity contribution in [3.05, 3.63) is 46.2 Å². The van der Waals surface area contributed by atoms with Crippen LogP contribution in [0.25, 0.3) is 11.8 Å². The van der Waals surface area contributed by atoms with Crippen LogP contribution < -0.4 is 15.6 Å². The predicted octanol–water partition coefficient (Wildman–Crippen LogP) is 2.88. The van der Waals surface area contributed by atoms with Crippen molar-refractivity contribution in [1.82, 2.24) is 14.9 Å². The molecule has 0 radical (unpaired) electrons. The second-order valence-electron chi connectivity index (χ2n) is 7.09. The zero-order valence-corrected chi connectivity index (χ0v) is 14.9. The fourth-order valence-electron chi connectivity index (χ4n) is 3.04. The van der Waals surface area contributed by atoms with Crippen molar-refractivity contribution in [1.29, 1.82) is 0 Å². The Hall–Kier alpha value is -2.63. The molecule has 132 valence electrons. The first kappa shape index (κ1) is 17.2. The van der Waals surface area contributed by atoms with Gasteiger partial charge in [-0.05, 0) is 30.4 Å². The quantitative estimate of drug-likeness (QED) is 0.917. The van der Waals surface area contributed by atoms with E-state index in [-0.39, 0.29) is 29.2 Å². The van der Waals surface area contributed by atoms with E-state index in [4.69, 9.17) is 4.74 Å². The van der Waals surface area contributed by atoms with Crippen molar-refractivity contribution in [2.24, 2.45) is 11.8 Å². The van der Waals surface area contributed by atoms with E-state index < -0.39 is 6.04 Å². The van der Waals surface area contributed by atoms with Crippen LogP contribution in [0.1, 0.15) is 51.5 Å². The van der Waals surface area contributed by atoms with Crippen LogP contribution in [0.4, 0.5) is 0 Å². The maximum absolute atomic E-state index is 13.1. The van der Waals surface area contributed by atoms with Gasteiger partial charge in [0.05, 0.1) is 12.0 Å². The molecule has 2 aliphatic heterocycles. The molecule has 0 aliphatic carbocycles. The summed E-state index contributed by atoms with van der Waals surface area (Å²) in [6.45, 7) is 8.07. The fourth-order valence-corrected chi connectivity index (χ4v) is 3.04. The minimum Gasteiger partial charge on any atom is -0.446 e. The average Bonchev–Trinajstić information content (AvgIpc) is 2.76. The van der Waals surface area contributed by atoms with Gasteiger partial charge in [0.25, 0.3) is 5.56 Å². The summed E-state index contributed by atoms with van der Waals surface area (Å²) in [4.78, 5) is 30.4. The van der Waals surface area contributed by atoms with Gasteiger partial charge in [0, 0.05) is 0 Å². The molecule has 0 spiro atoms. The number of hydrogen-bond donors (Lipinski definition) is 1. The molecule has 1 unspecified atom stereocenters. The molecule has 1 amide bonds. The molecule has 0 bridgehead atoms. The van der Waals surface area contributed by atoms with Crippen LogP contribution in [0.5, 0.6) is 5.88 Å². The molecule has 3 rings (SSSR count). The molecule has 1 atom stereocenters. The number of carbonyl (C=O) groups excluding carboxylic acids is 1. The van der Waals surface area contributed by atoms with Crippen LogP contribution in [0, 0.1) is 11.8 Å². The second kappa shape index (κ2) is 6.70. The second-order valence-corrected chi connectivity index (χ2v) is 7.09. The predicted molar refractivity (Wildman–Crippen MR) is 96.7 cm³/mol. The minimum atomic E-state index is -0.575. The summed E-state index contributed by atoms with van der Waals surface area (Å²) < 4.78 is 7.00. The van der Waals surface area contributed by atoms with E-state index in [2.05, 4.69) is 10.3 Å². The minimum absolute atomic E-state index is 0.173. The summed E-state index contributed by atoms with van der Waals surface area (Å²) in [5.41, 5.74) is 0.664. The topological polar surface area (TPSA) is 73.2 Å². The van der Waals surface area contributed by atoms with Crippen molar-refractivity contribution < 1.29 is 9.53 Å². The number of carbonyl (C=O) groups is 1. The first-order valence-corrected chi connectivity index (χ1v) is 8.58. The highest BCUT2D eigenvalue weighted by molar-refractivity contribution is 5.91. The third-order valence-corrected chi connectivity index (χ3v) is 4.06. The Bertz CT molecular complexity index is 844. The lowest BCUT2D eigenvalue weighted by Gasteiger charge is -2.30. The van der Waals surface area contributed by atoms with Crippen molar-refractivity contribution in [2.45, 2.75) is 40.2 Å². The summed E-state index contributed by atoms with van der Waals surface area (Å²) in [6, 6.07) is -0.575. The first-order chi connectivity index (χ1) is 11.9. The van der Waals surface area contributed by atoms with Gasteiger partial charge >= 0.3 is 0 Å². The lowest BCUT2D eigenvalue weighted by Crippen LogP contribution is -2.45. The fraction of sp³-hybridized carbons (Fsp3) is 0.421. The van der Waals surface area contributed by atoms with Crippen LogP contribution in [0.2, 0.25) is 0 Å². The molecule has 6 heteroatoms. The van der Waals surface area contributed by atoms with E-state index in [0.717, 1.165) is 0 Å². The van der Waals surface area contributed by atoms with Crippen molar-refractivity contribution in [3.63, 3.8) is 0 Å². The molecule has 3 heterocycles. The van der Waals surface area contributed by atoms with E-state index in [1.807, 2.05) is 33.8 Å². The molecule has 0 saturated carbocycles. The number of hydrogen-bond acceptors (Lipinski definition) is 4. The summed E-state index contributed by atoms with van der Waals surface area (Å²) in [5, 5.41) is 2.92. The van der Waals surface area contributed by atoms with Gasteiger partial charge in [-0.15, -0.1) is 0 Å². The summed E-state index contributed by atoms with van der Waals surface area (Å²) in [5.74, 6) is 0.996. The third kappa shape index (κ3) is 3.29. The van der Waals surface area contributed by atoms with Gasteiger partial charge in [-0.1, -0.05) is 39.8 Å². The van der Waals surface area contributed by atoms with Gasteiger partial charge in [-0.25, -0.2) is 0 Å². The maximum Gasteiger partial charge on any atom is 0.265 e. The van der Waals surface area contributed by atoms with E-state index >= 15 is 0 Å². The number of fused-ring (bicyclic) bond motifs is 2. The Morgan fingerprint density at radius 2 is 2.04 bits per heavy atom. The molecule has 0 fully saturated rings. The lowest BCUT2D eigenvalue weighted by molar-refractivity contribution is -0.124. The van der Waals surface area contributed by atoms with Crippen molar-refractivity contribution >= 4 is 17.7 Å². The Morgan fingerprint density at radius 1 is 1.28 bits per heavy atom. The van der Waals surface area contributed by atoms with Crippen LogP contribution in [-0.2, 0) is 4.79 Å². The normalized spacial score (nSPS) is 20.3. The zero-order valence-electron chi connectivity index (χ0n) is 14.9. The Labute approximate surface area is 146 Å². The maximum atomic E-state index is 13.1. The Morgan fingerprint density at radius 3 is 2.72 bits per heavy atom. The van der Waals surface area contributed by atoms with Crippen LogP contribution in [0.3, 0.4) is 0 Å². The molecule has 2 aliphatic rings. The smallest absolute Gasteiger partial charge is 0.265 e. The summed E-state index contributed by atoms with van der Waals surface area (Å²) in [6.07, 6.45) is 9.06. The van der Waals surface area contributed by atoms with Gasteiger partial charge in [0.2, 0.25) is 11.8 Å². The molecular weight excluding hydrogens is 318 g/mol. The van der Waals surface area contributed by atoms with Gasteiger partial charge in [-0.2, -0.15) is 4.98 Å². The summed E-state index contributed by atoms with van der Waals surface area (Å²) >= 11 is 0. The van der Waals surface area contributed by atoms with Gasteiger partial charge in [-0.3, -0.25) is 14.2 Å². The Balaban J connectivity index is 2.27. The van der Waals surface area contributed by atoms with Gasteiger partial charge in [0.1, 0.15) is 11.6 Å². The number of aromatic nitrogens is 2. The van der Waals surface area contributed by atoms with Crippen LogP contribution in [-0.4, -0.2) is 15.5 Å². The van der Waals surface area contributed by atoms with Crippen molar-refractivity contribution in [3.8, 4) is 5.88 Å². The number of allylic oxidation sites excluding steroid dienone is 3.